The Morgan fingerprint density at radius 1 is 1.32 bits per heavy atom. The van der Waals surface area contributed by atoms with Crippen molar-refractivity contribution >= 4 is 17.9 Å². The number of amides is 1. The van der Waals surface area contributed by atoms with Crippen LogP contribution < -0.4 is 10.5 Å². The Bertz CT molecular complexity index is 664. The number of nitrogens with one attached hydrogen (secondary N) is 2. The molecule has 1 rings (SSSR count). The van der Waals surface area contributed by atoms with Crippen LogP contribution in [0.1, 0.15) is 25.0 Å². The van der Waals surface area contributed by atoms with Crippen molar-refractivity contribution in [1.82, 2.24) is 0 Å². The summed E-state index contributed by atoms with van der Waals surface area (Å²) in [5, 5.41) is 14.6. The maximum Gasteiger partial charge on any atom is 0.422 e. The summed E-state index contributed by atoms with van der Waals surface area (Å²) < 4.78 is 64.5. The van der Waals surface area contributed by atoms with Gasteiger partial charge in [-0.3, -0.25) is 10.8 Å². The molecule has 1 amide bonds. The molecule has 1 unspecified atom stereocenters. The van der Waals surface area contributed by atoms with Crippen molar-refractivity contribution in [1.29, 1.82) is 10.8 Å². The molecule has 1 aromatic rings. The number of alkyl halides is 3. The molecule has 4 N–H and O–H groups in total. The zero-order valence-electron chi connectivity index (χ0n) is 12.9. The summed E-state index contributed by atoms with van der Waals surface area (Å²) in [5.74, 6) is -2.09. The lowest BCUT2D eigenvalue weighted by Gasteiger charge is -2.19. The first-order valence-corrected chi connectivity index (χ1v) is 6.73. The smallest absolute Gasteiger partial charge is 0.422 e. The molecule has 11 heteroatoms. The van der Waals surface area contributed by atoms with E-state index in [0.717, 1.165) is 18.2 Å². The van der Waals surface area contributed by atoms with Crippen molar-refractivity contribution < 1.29 is 36.6 Å². The molecule has 0 aliphatic carbocycles. The lowest BCUT2D eigenvalue weighted by molar-refractivity contribution is -0.153. The molecule has 0 saturated heterocycles. The number of hydrogen-bond donors (Lipinski definition) is 3. The molecule has 138 valence electrons. The molecule has 0 aromatic heterocycles. The molecule has 0 aliphatic heterocycles. The van der Waals surface area contributed by atoms with Gasteiger partial charge in [0.25, 0.3) is 0 Å². The van der Waals surface area contributed by atoms with Crippen LogP contribution in [0.2, 0.25) is 0 Å². The number of rotatable bonds is 6. The van der Waals surface area contributed by atoms with Gasteiger partial charge in [0.2, 0.25) is 0 Å². The zero-order valence-corrected chi connectivity index (χ0v) is 12.9. The van der Waals surface area contributed by atoms with Crippen LogP contribution in [0.3, 0.4) is 0 Å². The van der Waals surface area contributed by atoms with E-state index < -0.39 is 43.1 Å². The van der Waals surface area contributed by atoms with Crippen LogP contribution in [0, 0.1) is 16.6 Å². The molecule has 0 heterocycles. The van der Waals surface area contributed by atoms with Crippen LogP contribution in [-0.2, 0) is 9.47 Å². The summed E-state index contributed by atoms with van der Waals surface area (Å²) in [6.45, 7) is -0.351. The van der Waals surface area contributed by atoms with Gasteiger partial charge in [-0.25, -0.2) is 9.18 Å². The van der Waals surface area contributed by atoms with E-state index in [1.807, 2.05) is 0 Å². The minimum Gasteiger partial charge on any atom is -0.484 e. The van der Waals surface area contributed by atoms with Gasteiger partial charge in [0.05, 0.1) is 6.42 Å². The van der Waals surface area contributed by atoms with Crippen molar-refractivity contribution in [2.24, 2.45) is 5.73 Å². The van der Waals surface area contributed by atoms with Crippen molar-refractivity contribution in [3.05, 3.63) is 29.6 Å². The highest BCUT2D eigenvalue weighted by Gasteiger charge is 2.29. The lowest BCUT2D eigenvalue weighted by atomic mass is 10.1. The van der Waals surface area contributed by atoms with E-state index in [-0.39, 0.29) is 17.2 Å². The standard InChI is InChI=1S/C14H15F4N3O4/c1-7(19)24-12(20)5-11(25-13(21)22)9-4-8(2-3-10(9)15)23-6-14(16,17)18/h2-4,11,19-20H,5-6H2,1H3,(H2,21,22). The number of primary amides is 1. The van der Waals surface area contributed by atoms with Crippen LogP contribution in [0.5, 0.6) is 5.75 Å². The predicted molar refractivity (Wildman–Crippen MR) is 78.2 cm³/mol. The molecule has 0 saturated carbocycles. The molecular weight excluding hydrogens is 350 g/mol. The Kier molecular flexibility index (Phi) is 6.71. The lowest BCUT2D eigenvalue weighted by Crippen LogP contribution is -2.22. The normalized spacial score (nSPS) is 12.2. The van der Waals surface area contributed by atoms with Gasteiger partial charge >= 0.3 is 12.3 Å². The fourth-order valence-corrected chi connectivity index (χ4v) is 1.77. The van der Waals surface area contributed by atoms with Gasteiger partial charge in [0.1, 0.15) is 17.7 Å². The third-order valence-electron chi connectivity index (χ3n) is 2.62. The summed E-state index contributed by atoms with van der Waals surface area (Å²) in [6, 6.07) is 2.69. The first-order chi connectivity index (χ1) is 11.5. The molecule has 1 atom stereocenters. The maximum absolute atomic E-state index is 14.0. The van der Waals surface area contributed by atoms with Gasteiger partial charge in [-0.05, 0) is 18.2 Å². The third kappa shape index (κ3) is 7.50. The summed E-state index contributed by atoms with van der Waals surface area (Å²) >= 11 is 0. The molecule has 1 aromatic carbocycles. The fourth-order valence-electron chi connectivity index (χ4n) is 1.77. The Labute approximate surface area is 139 Å². The Balaban J connectivity index is 3.04. The number of benzene rings is 1. The van der Waals surface area contributed by atoms with Crippen molar-refractivity contribution in [3.63, 3.8) is 0 Å². The largest absolute Gasteiger partial charge is 0.484 e. The number of carbonyl (C=O) groups excluding carboxylic acids is 1. The van der Waals surface area contributed by atoms with E-state index >= 15 is 0 Å². The van der Waals surface area contributed by atoms with Crippen molar-refractivity contribution in [2.75, 3.05) is 6.61 Å². The molecule has 0 spiro atoms. The second-order valence-electron chi connectivity index (χ2n) is 4.80. The molecule has 7 nitrogen and oxygen atoms in total. The van der Waals surface area contributed by atoms with Gasteiger partial charge < -0.3 is 19.9 Å². The first-order valence-electron chi connectivity index (χ1n) is 6.73. The van der Waals surface area contributed by atoms with E-state index in [9.17, 15) is 22.4 Å². The summed E-state index contributed by atoms with van der Waals surface area (Å²) in [7, 11) is 0. The monoisotopic (exact) mass is 365 g/mol. The van der Waals surface area contributed by atoms with E-state index in [2.05, 4.69) is 9.47 Å². The molecule has 0 radical (unpaired) electrons. The zero-order chi connectivity index (χ0) is 19.2. The molecular formula is C14H15F4N3O4. The highest BCUT2D eigenvalue weighted by molar-refractivity contribution is 5.87. The minimum atomic E-state index is -4.59. The Morgan fingerprint density at radius 3 is 2.48 bits per heavy atom. The fraction of sp³-hybridized carbons (Fsp3) is 0.357. The van der Waals surface area contributed by atoms with Gasteiger partial charge in [0, 0.05) is 12.5 Å². The Morgan fingerprint density at radius 2 is 1.96 bits per heavy atom. The van der Waals surface area contributed by atoms with E-state index in [0.29, 0.717) is 0 Å². The van der Waals surface area contributed by atoms with Gasteiger partial charge in [0.15, 0.2) is 18.4 Å². The number of halogens is 4. The molecule has 0 fully saturated rings. The van der Waals surface area contributed by atoms with E-state index in [1.165, 1.54) is 6.92 Å². The van der Waals surface area contributed by atoms with Gasteiger partial charge in [-0.15, -0.1) is 0 Å². The van der Waals surface area contributed by atoms with Crippen molar-refractivity contribution in [2.45, 2.75) is 25.6 Å². The van der Waals surface area contributed by atoms with Crippen LogP contribution in [-0.4, -0.2) is 30.7 Å². The number of hydrogen-bond acceptors (Lipinski definition) is 6. The summed E-state index contributed by atoms with van der Waals surface area (Å²) in [4.78, 5) is 11.0. The minimum absolute atomic E-state index is 0.317. The number of ether oxygens (including phenoxy) is 3. The average Bonchev–Trinajstić information content (AvgIpc) is 2.43. The molecule has 25 heavy (non-hydrogen) atoms. The van der Waals surface area contributed by atoms with E-state index in [4.69, 9.17) is 21.3 Å². The van der Waals surface area contributed by atoms with Crippen molar-refractivity contribution in [3.8, 4) is 5.75 Å². The summed E-state index contributed by atoms with van der Waals surface area (Å²) in [5.41, 5.74) is 4.54. The highest BCUT2D eigenvalue weighted by Crippen LogP contribution is 2.29. The van der Waals surface area contributed by atoms with Crippen LogP contribution in [0.15, 0.2) is 18.2 Å². The second-order valence-corrected chi connectivity index (χ2v) is 4.80. The second kappa shape index (κ2) is 8.31. The summed E-state index contributed by atoms with van der Waals surface area (Å²) in [6.07, 6.45) is -7.81. The number of nitrogens with two attached hydrogens (primary N) is 1. The first kappa shape index (κ1) is 20.2. The molecule has 0 bridgehead atoms. The quantitative estimate of drug-likeness (QED) is 0.407. The van der Waals surface area contributed by atoms with E-state index in [1.54, 1.807) is 0 Å². The predicted octanol–water partition coefficient (Wildman–Crippen LogP) is 3.28. The van der Waals surface area contributed by atoms with Crippen LogP contribution in [0.4, 0.5) is 22.4 Å². The SMILES string of the molecule is CC(=N)OC(=N)CC(OC(N)=O)c1cc(OCC(F)(F)F)ccc1F. The average molecular weight is 365 g/mol. The third-order valence-corrected chi connectivity index (χ3v) is 2.62. The topological polar surface area (TPSA) is 118 Å². The highest BCUT2D eigenvalue weighted by atomic mass is 19.4. The Hall–Kier alpha value is -2.85. The molecule has 0 aliphatic rings. The van der Waals surface area contributed by atoms with Crippen LogP contribution in [0.25, 0.3) is 0 Å². The number of carbonyl (C=O) groups is 1. The van der Waals surface area contributed by atoms with Gasteiger partial charge in [-0.1, -0.05) is 0 Å². The van der Waals surface area contributed by atoms with Crippen LogP contribution >= 0.6 is 0 Å². The maximum atomic E-state index is 14.0. The van der Waals surface area contributed by atoms with Gasteiger partial charge in [-0.2, -0.15) is 13.2 Å².